The number of esters is 1. The van der Waals surface area contributed by atoms with E-state index in [1.807, 2.05) is 6.92 Å². The lowest BCUT2D eigenvalue weighted by Crippen LogP contribution is -2.12. The van der Waals surface area contributed by atoms with Gasteiger partial charge in [0.25, 0.3) is 0 Å². The Morgan fingerprint density at radius 2 is 0.882 bits per heavy atom. The van der Waals surface area contributed by atoms with Gasteiger partial charge in [0.15, 0.2) is 0 Å². The zero-order chi connectivity index (χ0) is 25.1. The molecule has 2 atom stereocenters. The Hall–Kier alpha value is -0.530. The fourth-order valence-electron chi connectivity index (χ4n) is 5.24. The highest BCUT2D eigenvalue weighted by Crippen LogP contribution is 2.23. The third-order valence-electron chi connectivity index (χ3n) is 7.59. The summed E-state index contributed by atoms with van der Waals surface area (Å²) in [5.41, 5.74) is 0. The molecule has 0 saturated heterocycles. The zero-order valence-electron chi connectivity index (χ0n) is 24.1. The molecule has 0 radical (unpaired) electrons. The summed E-state index contributed by atoms with van der Waals surface area (Å²) in [6, 6.07) is 0. The van der Waals surface area contributed by atoms with E-state index in [4.69, 9.17) is 4.74 Å². The Labute approximate surface area is 215 Å². The van der Waals surface area contributed by atoms with Crippen LogP contribution in [0.5, 0.6) is 0 Å². The second-order valence-electron chi connectivity index (χ2n) is 11.1. The van der Waals surface area contributed by atoms with Crippen molar-refractivity contribution in [1.82, 2.24) is 0 Å². The largest absolute Gasteiger partial charge is 0.466 e. The van der Waals surface area contributed by atoms with E-state index >= 15 is 0 Å². The summed E-state index contributed by atoms with van der Waals surface area (Å²) in [4.78, 5) is 12.0. The van der Waals surface area contributed by atoms with Gasteiger partial charge >= 0.3 is 5.97 Å². The molecule has 0 aromatic heterocycles. The Morgan fingerprint density at radius 3 is 1.26 bits per heavy atom. The summed E-state index contributed by atoms with van der Waals surface area (Å²) < 4.78 is 5.24. The first-order valence-corrected chi connectivity index (χ1v) is 15.8. The average molecular weight is 481 g/mol. The van der Waals surface area contributed by atoms with Gasteiger partial charge < -0.3 is 4.74 Å². The molecule has 2 nitrogen and oxygen atoms in total. The van der Waals surface area contributed by atoms with Crippen molar-refractivity contribution in [3.05, 3.63) is 0 Å². The Bertz CT molecular complexity index is 406. The molecule has 204 valence electrons. The monoisotopic (exact) mass is 480 g/mol. The van der Waals surface area contributed by atoms with Crippen molar-refractivity contribution in [3.8, 4) is 0 Å². The molecule has 0 rings (SSSR count). The van der Waals surface area contributed by atoms with Gasteiger partial charge in [-0.15, -0.1) is 0 Å². The van der Waals surface area contributed by atoms with Crippen LogP contribution in [0.15, 0.2) is 0 Å². The maximum absolute atomic E-state index is 12.0. The molecule has 0 aliphatic carbocycles. The first-order chi connectivity index (χ1) is 16.6. The molecule has 0 N–H and O–H groups in total. The van der Waals surface area contributed by atoms with Crippen LogP contribution in [0.1, 0.15) is 182 Å². The van der Waals surface area contributed by atoms with Crippen LogP contribution in [0.2, 0.25) is 0 Å². The lowest BCUT2D eigenvalue weighted by molar-refractivity contribution is -0.144. The van der Waals surface area contributed by atoms with Crippen molar-refractivity contribution >= 4 is 5.97 Å². The Balaban J connectivity index is 3.77. The second-order valence-corrected chi connectivity index (χ2v) is 11.1. The molecule has 2 heteroatoms. The lowest BCUT2D eigenvalue weighted by atomic mass is 9.91. The number of carbonyl (C=O) groups excluding carboxylic acids is 1. The number of ether oxygens (including phenoxy) is 1. The molecule has 34 heavy (non-hydrogen) atoms. The van der Waals surface area contributed by atoms with E-state index in [-0.39, 0.29) is 5.97 Å². The molecular weight excluding hydrogens is 416 g/mol. The van der Waals surface area contributed by atoms with E-state index in [0.717, 1.165) is 5.92 Å². The van der Waals surface area contributed by atoms with Crippen LogP contribution in [-0.2, 0) is 9.53 Å². The van der Waals surface area contributed by atoms with Crippen molar-refractivity contribution in [3.63, 3.8) is 0 Å². The Morgan fingerprint density at radius 1 is 0.529 bits per heavy atom. The molecule has 0 bridgehead atoms. The summed E-state index contributed by atoms with van der Waals surface area (Å²) in [6.45, 7) is 9.46. The summed E-state index contributed by atoms with van der Waals surface area (Å²) in [5, 5.41) is 0. The maximum atomic E-state index is 12.0. The van der Waals surface area contributed by atoms with Crippen LogP contribution in [0.3, 0.4) is 0 Å². The van der Waals surface area contributed by atoms with E-state index < -0.39 is 0 Å². The van der Waals surface area contributed by atoms with Crippen LogP contribution >= 0.6 is 0 Å². The highest BCUT2D eigenvalue weighted by Gasteiger charge is 2.14. The smallest absolute Gasteiger partial charge is 0.306 e. The van der Waals surface area contributed by atoms with Crippen LogP contribution in [0.4, 0.5) is 0 Å². The molecule has 0 spiro atoms. The molecule has 0 fully saturated rings. The van der Waals surface area contributed by atoms with E-state index in [1.54, 1.807) is 0 Å². The molecule has 0 aromatic carbocycles. The molecular formula is C32H64O2. The molecule has 0 saturated carbocycles. The highest BCUT2D eigenvalue weighted by molar-refractivity contribution is 5.69. The Kier molecular flexibility index (Phi) is 26.6. The van der Waals surface area contributed by atoms with Gasteiger partial charge in [-0.2, -0.15) is 0 Å². The second kappa shape index (κ2) is 27.1. The number of unbranched alkanes of at least 4 members (excludes halogenated alkanes) is 16. The summed E-state index contributed by atoms with van der Waals surface area (Å²) in [6.07, 6.45) is 32.1. The van der Waals surface area contributed by atoms with Crippen LogP contribution in [0, 0.1) is 11.8 Å². The first kappa shape index (κ1) is 33.5. The van der Waals surface area contributed by atoms with Crippen molar-refractivity contribution in [1.29, 1.82) is 0 Å². The summed E-state index contributed by atoms with van der Waals surface area (Å²) in [7, 11) is 0. The molecule has 2 unspecified atom stereocenters. The van der Waals surface area contributed by atoms with Crippen molar-refractivity contribution in [2.75, 3.05) is 6.61 Å². The predicted molar refractivity (Wildman–Crippen MR) is 151 cm³/mol. The van der Waals surface area contributed by atoms with Gasteiger partial charge in [0.05, 0.1) is 6.61 Å². The van der Waals surface area contributed by atoms with Gasteiger partial charge in [-0.05, 0) is 31.6 Å². The molecule has 0 amide bonds. The minimum atomic E-state index is 0.0189. The zero-order valence-corrected chi connectivity index (χ0v) is 24.1. The summed E-state index contributed by atoms with van der Waals surface area (Å²) in [5.74, 6) is 1.47. The van der Waals surface area contributed by atoms with Crippen molar-refractivity contribution < 1.29 is 9.53 Å². The highest BCUT2D eigenvalue weighted by atomic mass is 16.5. The van der Waals surface area contributed by atoms with Gasteiger partial charge in [0.1, 0.15) is 0 Å². The minimum Gasteiger partial charge on any atom is -0.466 e. The quantitative estimate of drug-likeness (QED) is 0.0862. The van der Waals surface area contributed by atoms with E-state index in [1.165, 1.54) is 148 Å². The number of hydrogen-bond acceptors (Lipinski definition) is 2. The van der Waals surface area contributed by atoms with E-state index in [9.17, 15) is 4.79 Å². The van der Waals surface area contributed by atoms with Crippen molar-refractivity contribution in [2.45, 2.75) is 182 Å². The maximum Gasteiger partial charge on any atom is 0.306 e. The first-order valence-electron chi connectivity index (χ1n) is 15.8. The minimum absolute atomic E-state index is 0.0189. The van der Waals surface area contributed by atoms with Crippen LogP contribution in [0.25, 0.3) is 0 Å². The molecule has 0 aliphatic heterocycles. The topological polar surface area (TPSA) is 26.3 Å². The third kappa shape index (κ3) is 24.6. The van der Waals surface area contributed by atoms with Gasteiger partial charge in [-0.1, -0.05) is 156 Å². The van der Waals surface area contributed by atoms with Gasteiger partial charge in [-0.25, -0.2) is 0 Å². The fraction of sp³-hybridized carbons (Fsp3) is 0.969. The van der Waals surface area contributed by atoms with Gasteiger partial charge in [-0.3, -0.25) is 4.79 Å². The lowest BCUT2D eigenvalue weighted by Gasteiger charge is -2.16. The average Bonchev–Trinajstić information content (AvgIpc) is 2.82. The van der Waals surface area contributed by atoms with Gasteiger partial charge in [0, 0.05) is 6.42 Å². The molecule has 0 heterocycles. The van der Waals surface area contributed by atoms with Gasteiger partial charge in [0.2, 0.25) is 0 Å². The van der Waals surface area contributed by atoms with Crippen LogP contribution in [-0.4, -0.2) is 12.6 Å². The normalized spacial score (nSPS) is 13.2. The molecule has 0 aliphatic rings. The number of carbonyl (C=O) groups is 1. The van der Waals surface area contributed by atoms with Crippen molar-refractivity contribution in [2.24, 2.45) is 11.8 Å². The fourth-order valence-corrected chi connectivity index (χ4v) is 5.24. The molecule has 0 aromatic rings. The summed E-state index contributed by atoms with van der Waals surface area (Å²) >= 11 is 0. The van der Waals surface area contributed by atoms with E-state index in [2.05, 4.69) is 20.8 Å². The number of rotatable bonds is 27. The standard InChI is InChI=1S/C32H64O2/c1-5-8-10-12-14-17-21-25-30(4)26-22-18-16-20-24-28-31(29-32(33)34-7-3)27-23-19-15-13-11-9-6-2/h30-31H,5-29H2,1-4H3. The predicted octanol–water partition coefficient (Wildman–Crippen LogP) is 11.2. The SMILES string of the molecule is CCCCCCCCCC(C)CCCCCCCC(CCCCCCCCC)CC(=O)OCC. The van der Waals surface area contributed by atoms with Crippen LogP contribution < -0.4 is 0 Å². The number of hydrogen-bond donors (Lipinski definition) is 0. The third-order valence-corrected chi connectivity index (χ3v) is 7.59. The van der Waals surface area contributed by atoms with E-state index in [0.29, 0.717) is 18.9 Å².